The normalized spacial score (nSPS) is 19.8. The lowest BCUT2D eigenvalue weighted by Crippen LogP contribution is -2.16. The van der Waals surface area contributed by atoms with Crippen LogP contribution in [0.2, 0.25) is 0 Å². The first-order valence-electron chi connectivity index (χ1n) is 4.86. The Morgan fingerprint density at radius 2 is 2.06 bits per heavy atom. The van der Waals surface area contributed by atoms with Crippen molar-refractivity contribution in [3.8, 4) is 0 Å². The Balaban J connectivity index is 2.88. The molecule has 6 nitrogen and oxygen atoms in total. The smallest absolute Gasteiger partial charge is 0.346 e. The molecular formula is C10H12O6. The summed E-state index contributed by atoms with van der Waals surface area (Å²) in [5, 5.41) is 18.0. The number of carboxylic acids is 1. The minimum Gasteiger partial charge on any atom is -0.507 e. The van der Waals surface area contributed by atoms with Gasteiger partial charge in [0.2, 0.25) is 0 Å². The molecule has 88 valence electrons. The van der Waals surface area contributed by atoms with Crippen molar-refractivity contribution in [2.45, 2.75) is 32.3 Å². The second-order valence-corrected chi connectivity index (χ2v) is 3.43. The summed E-state index contributed by atoms with van der Waals surface area (Å²) in [5.74, 6) is -3.24. The van der Waals surface area contributed by atoms with E-state index in [1.54, 1.807) is 6.92 Å². The maximum atomic E-state index is 11.4. The van der Waals surface area contributed by atoms with E-state index < -0.39 is 41.6 Å². The van der Waals surface area contributed by atoms with Crippen molar-refractivity contribution in [2.24, 2.45) is 0 Å². The monoisotopic (exact) mass is 228 g/mol. The molecule has 0 radical (unpaired) electrons. The topological polar surface area (TPSA) is 101 Å². The molecule has 0 spiro atoms. The molecular weight excluding hydrogens is 216 g/mol. The van der Waals surface area contributed by atoms with Gasteiger partial charge in [0.15, 0.2) is 17.6 Å². The fraction of sp³-hybridized carbons (Fsp3) is 0.500. The van der Waals surface area contributed by atoms with Crippen LogP contribution in [0.15, 0.2) is 11.3 Å². The van der Waals surface area contributed by atoms with Crippen molar-refractivity contribution in [1.29, 1.82) is 0 Å². The molecule has 1 heterocycles. The third kappa shape index (κ3) is 2.39. The van der Waals surface area contributed by atoms with Crippen LogP contribution in [0.25, 0.3) is 0 Å². The Hall–Kier alpha value is -1.85. The van der Waals surface area contributed by atoms with Crippen LogP contribution in [0.4, 0.5) is 0 Å². The summed E-state index contributed by atoms with van der Waals surface area (Å²) in [6.07, 6.45) is -1.12. The van der Waals surface area contributed by atoms with E-state index in [-0.39, 0.29) is 6.42 Å². The molecule has 0 fully saturated rings. The number of esters is 1. The molecule has 1 rings (SSSR count). The number of carbonyl (C=O) groups excluding carboxylic acids is 2. The zero-order valence-electron chi connectivity index (χ0n) is 8.73. The Morgan fingerprint density at radius 3 is 2.56 bits per heavy atom. The van der Waals surface area contributed by atoms with E-state index >= 15 is 0 Å². The number of aliphatic hydroxyl groups is 1. The third-order valence-electron chi connectivity index (χ3n) is 2.13. The number of ketones is 1. The highest BCUT2D eigenvalue weighted by molar-refractivity contribution is 6.19. The molecule has 0 aromatic carbocycles. The van der Waals surface area contributed by atoms with Crippen LogP contribution in [0, 0.1) is 0 Å². The Kier molecular flexibility index (Phi) is 3.65. The number of carboxylic acid groups (broad SMARTS) is 1. The number of aliphatic hydroxyl groups excluding tert-OH is 1. The van der Waals surface area contributed by atoms with Gasteiger partial charge in [0.05, 0.1) is 6.42 Å². The predicted octanol–water partition coefficient (Wildman–Crippen LogP) is 0.568. The Bertz CT molecular complexity index is 368. The first-order chi connectivity index (χ1) is 7.47. The zero-order valence-corrected chi connectivity index (χ0v) is 8.73. The van der Waals surface area contributed by atoms with Crippen LogP contribution in [0.3, 0.4) is 0 Å². The molecule has 1 aliphatic rings. The second-order valence-electron chi connectivity index (χ2n) is 3.43. The van der Waals surface area contributed by atoms with E-state index in [1.807, 2.05) is 0 Å². The predicted molar refractivity (Wildman–Crippen MR) is 51.7 cm³/mol. The number of rotatable bonds is 5. The zero-order chi connectivity index (χ0) is 12.3. The van der Waals surface area contributed by atoms with Gasteiger partial charge in [-0.1, -0.05) is 6.92 Å². The van der Waals surface area contributed by atoms with Gasteiger partial charge in [0.1, 0.15) is 5.57 Å². The highest BCUT2D eigenvalue weighted by Crippen LogP contribution is 2.24. The van der Waals surface area contributed by atoms with Crippen LogP contribution in [0.1, 0.15) is 26.2 Å². The van der Waals surface area contributed by atoms with Gasteiger partial charge in [-0.05, 0) is 6.42 Å². The highest BCUT2D eigenvalue weighted by Gasteiger charge is 2.38. The van der Waals surface area contributed by atoms with Gasteiger partial charge in [0, 0.05) is 6.42 Å². The first kappa shape index (κ1) is 12.2. The van der Waals surface area contributed by atoms with Crippen molar-refractivity contribution in [1.82, 2.24) is 0 Å². The van der Waals surface area contributed by atoms with Gasteiger partial charge in [-0.25, -0.2) is 4.79 Å². The Morgan fingerprint density at radius 1 is 1.44 bits per heavy atom. The largest absolute Gasteiger partial charge is 0.507 e. The minimum atomic E-state index is -1.24. The molecule has 6 heteroatoms. The summed E-state index contributed by atoms with van der Waals surface area (Å²) in [6, 6.07) is 0. The fourth-order valence-corrected chi connectivity index (χ4v) is 1.42. The number of Topliss-reactive ketones (excluding diaryl/α,β-unsaturated/α-hetero) is 1. The van der Waals surface area contributed by atoms with E-state index in [0.717, 1.165) is 0 Å². The van der Waals surface area contributed by atoms with Gasteiger partial charge in [-0.15, -0.1) is 0 Å². The van der Waals surface area contributed by atoms with Crippen LogP contribution < -0.4 is 0 Å². The number of hydrogen-bond acceptors (Lipinski definition) is 5. The number of ether oxygens (including phenoxy) is 1. The molecule has 2 N–H and O–H groups in total. The van der Waals surface area contributed by atoms with Gasteiger partial charge < -0.3 is 14.9 Å². The van der Waals surface area contributed by atoms with E-state index in [2.05, 4.69) is 4.74 Å². The molecule has 1 aliphatic heterocycles. The lowest BCUT2D eigenvalue weighted by molar-refractivity contribution is -0.145. The minimum absolute atomic E-state index is 0.119. The third-order valence-corrected chi connectivity index (χ3v) is 2.13. The summed E-state index contributed by atoms with van der Waals surface area (Å²) in [7, 11) is 0. The maximum Gasteiger partial charge on any atom is 0.346 e. The van der Waals surface area contributed by atoms with Crippen LogP contribution in [-0.2, 0) is 19.1 Å². The van der Waals surface area contributed by atoms with E-state index in [0.29, 0.717) is 6.42 Å². The number of aliphatic carboxylic acids is 1. The number of hydrogen-bond donors (Lipinski definition) is 2. The second kappa shape index (κ2) is 4.78. The molecule has 0 aromatic heterocycles. The molecule has 0 bridgehead atoms. The summed E-state index contributed by atoms with van der Waals surface area (Å²) in [4.78, 5) is 33.1. The quantitative estimate of drug-likeness (QED) is 0.527. The van der Waals surface area contributed by atoms with Gasteiger partial charge in [-0.2, -0.15) is 0 Å². The first-order valence-corrected chi connectivity index (χ1v) is 4.86. The molecule has 1 unspecified atom stereocenters. The van der Waals surface area contributed by atoms with E-state index in [4.69, 9.17) is 5.11 Å². The summed E-state index contributed by atoms with van der Waals surface area (Å²) in [6.45, 7) is 1.75. The SMILES string of the molecule is CCCC(=O)C1=C(O)C(CC(=O)O)OC1=O. The molecule has 0 saturated carbocycles. The average molecular weight is 228 g/mol. The van der Waals surface area contributed by atoms with Crippen molar-refractivity contribution in [3.63, 3.8) is 0 Å². The molecule has 1 atom stereocenters. The van der Waals surface area contributed by atoms with E-state index in [9.17, 15) is 19.5 Å². The van der Waals surface area contributed by atoms with Gasteiger partial charge in [-0.3, -0.25) is 9.59 Å². The molecule has 16 heavy (non-hydrogen) atoms. The summed E-state index contributed by atoms with van der Waals surface area (Å²) < 4.78 is 4.60. The standard InChI is InChI=1S/C10H12O6/c1-2-3-5(11)8-9(14)6(4-7(12)13)16-10(8)15/h6,14H,2-4H2,1H3,(H,12,13). The Labute approximate surface area is 91.5 Å². The van der Waals surface area contributed by atoms with Crippen molar-refractivity contribution in [3.05, 3.63) is 11.3 Å². The van der Waals surface area contributed by atoms with Gasteiger partial charge >= 0.3 is 11.9 Å². The summed E-state index contributed by atoms with van der Waals surface area (Å²) >= 11 is 0. The summed E-state index contributed by atoms with van der Waals surface area (Å²) in [5.41, 5.74) is -0.409. The van der Waals surface area contributed by atoms with Crippen molar-refractivity contribution in [2.75, 3.05) is 0 Å². The number of cyclic esters (lactones) is 1. The average Bonchev–Trinajstić information content (AvgIpc) is 2.41. The maximum absolute atomic E-state index is 11.4. The molecule has 0 amide bonds. The number of carbonyl (C=O) groups is 3. The lowest BCUT2D eigenvalue weighted by Gasteiger charge is -2.05. The molecule has 0 saturated heterocycles. The van der Waals surface area contributed by atoms with Crippen LogP contribution >= 0.6 is 0 Å². The van der Waals surface area contributed by atoms with Gasteiger partial charge in [0.25, 0.3) is 0 Å². The van der Waals surface area contributed by atoms with Crippen molar-refractivity contribution < 1.29 is 29.3 Å². The van der Waals surface area contributed by atoms with Crippen LogP contribution in [0.5, 0.6) is 0 Å². The van der Waals surface area contributed by atoms with Crippen LogP contribution in [-0.4, -0.2) is 34.0 Å². The molecule has 0 aromatic rings. The van der Waals surface area contributed by atoms with E-state index in [1.165, 1.54) is 0 Å². The fourth-order valence-electron chi connectivity index (χ4n) is 1.42. The lowest BCUT2D eigenvalue weighted by atomic mass is 10.1. The van der Waals surface area contributed by atoms with Crippen molar-refractivity contribution >= 4 is 17.7 Å². The molecule has 0 aliphatic carbocycles. The highest BCUT2D eigenvalue weighted by atomic mass is 16.6.